The van der Waals surface area contributed by atoms with Crippen LogP contribution in [0.5, 0.6) is 0 Å². The van der Waals surface area contributed by atoms with Crippen molar-refractivity contribution >= 4 is 16.7 Å². The number of benzene rings is 1. The Morgan fingerprint density at radius 1 is 1.35 bits per heavy atom. The Kier molecular flexibility index (Phi) is 2.33. The van der Waals surface area contributed by atoms with Gasteiger partial charge in [-0.25, -0.2) is 4.98 Å². The number of aromatic amines is 1. The summed E-state index contributed by atoms with van der Waals surface area (Å²) >= 11 is 0. The quantitative estimate of drug-likeness (QED) is 0.788. The fourth-order valence-corrected chi connectivity index (χ4v) is 2.43. The van der Waals surface area contributed by atoms with Gasteiger partial charge in [0.05, 0.1) is 23.1 Å². The minimum atomic E-state index is -0.504. The van der Waals surface area contributed by atoms with Gasteiger partial charge < -0.3 is 15.0 Å². The Balaban J connectivity index is 1.92. The first-order chi connectivity index (χ1) is 8.16. The molecule has 1 aliphatic rings. The number of imidazole rings is 1. The van der Waals surface area contributed by atoms with Gasteiger partial charge in [0.1, 0.15) is 5.52 Å². The molecule has 2 heterocycles. The van der Waals surface area contributed by atoms with Gasteiger partial charge in [0.25, 0.3) is 0 Å². The van der Waals surface area contributed by atoms with E-state index in [-0.39, 0.29) is 0 Å². The van der Waals surface area contributed by atoms with Gasteiger partial charge in [0.15, 0.2) is 0 Å². The smallest absolute Gasteiger partial charge is 0.112 e. The van der Waals surface area contributed by atoms with Crippen molar-refractivity contribution < 1.29 is 5.11 Å². The van der Waals surface area contributed by atoms with Gasteiger partial charge in [0, 0.05) is 13.1 Å². The maximum Gasteiger partial charge on any atom is 0.112 e. The number of rotatable bonds is 1. The lowest BCUT2D eigenvalue weighted by atomic mass is 9.93. The first-order valence-electron chi connectivity index (χ1n) is 6.05. The molecule has 4 heteroatoms. The van der Waals surface area contributed by atoms with Crippen molar-refractivity contribution in [1.29, 1.82) is 0 Å². The van der Waals surface area contributed by atoms with Crippen LogP contribution in [-0.4, -0.2) is 33.8 Å². The Bertz CT molecular complexity index is 522. The van der Waals surface area contributed by atoms with Crippen LogP contribution in [0.2, 0.25) is 0 Å². The zero-order chi connectivity index (χ0) is 11.9. The van der Waals surface area contributed by atoms with E-state index >= 15 is 0 Å². The van der Waals surface area contributed by atoms with Crippen molar-refractivity contribution in [2.24, 2.45) is 0 Å². The monoisotopic (exact) mass is 231 g/mol. The fourth-order valence-electron chi connectivity index (χ4n) is 2.43. The maximum absolute atomic E-state index is 9.96. The lowest BCUT2D eigenvalue weighted by molar-refractivity contribution is 0.0352. The molecule has 3 rings (SSSR count). The van der Waals surface area contributed by atoms with Crippen molar-refractivity contribution in [2.75, 3.05) is 18.0 Å². The lowest BCUT2D eigenvalue weighted by Crippen LogP contribution is -2.42. The Morgan fingerprint density at radius 3 is 2.88 bits per heavy atom. The van der Waals surface area contributed by atoms with Crippen LogP contribution < -0.4 is 4.90 Å². The van der Waals surface area contributed by atoms with E-state index in [0.717, 1.165) is 37.0 Å². The molecule has 2 aromatic rings. The molecule has 0 unspecified atom stereocenters. The molecule has 1 saturated heterocycles. The zero-order valence-electron chi connectivity index (χ0n) is 9.98. The van der Waals surface area contributed by atoms with E-state index in [1.165, 1.54) is 5.69 Å². The molecule has 0 amide bonds. The second kappa shape index (κ2) is 3.74. The summed E-state index contributed by atoms with van der Waals surface area (Å²) in [4.78, 5) is 9.81. The van der Waals surface area contributed by atoms with Crippen LogP contribution in [0, 0.1) is 0 Å². The summed E-state index contributed by atoms with van der Waals surface area (Å²) in [6.07, 6.45) is 3.36. The van der Waals surface area contributed by atoms with Crippen molar-refractivity contribution in [3.8, 4) is 0 Å². The number of hydrogen-bond acceptors (Lipinski definition) is 3. The van der Waals surface area contributed by atoms with Crippen LogP contribution in [0.1, 0.15) is 19.8 Å². The highest BCUT2D eigenvalue weighted by atomic mass is 16.3. The summed E-state index contributed by atoms with van der Waals surface area (Å²) in [5.74, 6) is 0. The van der Waals surface area contributed by atoms with Crippen LogP contribution in [0.3, 0.4) is 0 Å². The third-order valence-corrected chi connectivity index (χ3v) is 3.61. The Labute approximate surface area is 100 Å². The molecular formula is C13H17N3O. The second-order valence-corrected chi connectivity index (χ2v) is 5.06. The molecule has 0 radical (unpaired) electrons. The molecule has 1 aliphatic heterocycles. The number of nitrogens with zero attached hydrogens (tertiary/aromatic N) is 2. The molecule has 1 fully saturated rings. The molecular weight excluding hydrogens is 214 g/mol. The van der Waals surface area contributed by atoms with Gasteiger partial charge in [-0.1, -0.05) is 6.07 Å². The predicted octanol–water partition coefficient (Wildman–Crippen LogP) is 1.91. The molecule has 0 aliphatic carbocycles. The minimum Gasteiger partial charge on any atom is -0.390 e. The van der Waals surface area contributed by atoms with Gasteiger partial charge in [-0.3, -0.25) is 0 Å². The number of H-pyrrole nitrogens is 1. The highest BCUT2D eigenvalue weighted by Gasteiger charge is 2.28. The summed E-state index contributed by atoms with van der Waals surface area (Å²) in [7, 11) is 0. The van der Waals surface area contributed by atoms with Crippen molar-refractivity contribution in [1.82, 2.24) is 9.97 Å². The zero-order valence-corrected chi connectivity index (χ0v) is 9.98. The number of aliphatic hydroxyl groups is 1. The van der Waals surface area contributed by atoms with E-state index in [0.29, 0.717) is 0 Å². The Morgan fingerprint density at radius 2 is 2.12 bits per heavy atom. The molecule has 90 valence electrons. The predicted molar refractivity (Wildman–Crippen MR) is 68.2 cm³/mol. The van der Waals surface area contributed by atoms with Gasteiger partial charge in [-0.2, -0.15) is 0 Å². The summed E-state index contributed by atoms with van der Waals surface area (Å²) in [5, 5.41) is 9.96. The van der Waals surface area contributed by atoms with Crippen LogP contribution >= 0.6 is 0 Å². The summed E-state index contributed by atoms with van der Waals surface area (Å²) in [6, 6.07) is 6.18. The highest BCUT2D eigenvalue weighted by molar-refractivity contribution is 5.88. The van der Waals surface area contributed by atoms with E-state index in [9.17, 15) is 5.11 Å². The van der Waals surface area contributed by atoms with Crippen LogP contribution in [-0.2, 0) is 0 Å². The maximum atomic E-state index is 9.96. The third kappa shape index (κ3) is 1.89. The van der Waals surface area contributed by atoms with Gasteiger partial charge in [-0.05, 0) is 31.9 Å². The number of fused-ring (bicyclic) bond motifs is 1. The van der Waals surface area contributed by atoms with Crippen molar-refractivity contribution in [2.45, 2.75) is 25.4 Å². The van der Waals surface area contributed by atoms with E-state index < -0.39 is 5.60 Å². The van der Waals surface area contributed by atoms with Crippen LogP contribution in [0.15, 0.2) is 24.5 Å². The van der Waals surface area contributed by atoms with E-state index in [2.05, 4.69) is 20.9 Å². The molecule has 1 aromatic heterocycles. The summed E-state index contributed by atoms with van der Waals surface area (Å²) < 4.78 is 0. The van der Waals surface area contributed by atoms with E-state index in [4.69, 9.17) is 0 Å². The lowest BCUT2D eigenvalue weighted by Gasteiger charge is -2.37. The average Bonchev–Trinajstić information content (AvgIpc) is 2.77. The topological polar surface area (TPSA) is 52.1 Å². The summed E-state index contributed by atoms with van der Waals surface area (Å²) in [6.45, 7) is 3.69. The minimum absolute atomic E-state index is 0.504. The summed E-state index contributed by atoms with van der Waals surface area (Å²) in [5.41, 5.74) is 2.75. The number of anilines is 1. The number of piperidine rings is 1. The van der Waals surface area contributed by atoms with Gasteiger partial charge >= 0.3 is 0 Å². The fraction of sp³-hybridized carbons (Fsp3) is 0.462. The van der Waals surface area contributed by atoms with Crippen LogP contribution in [0.25, 0.3) is 11.0 Å². The molecule has 17 heavy (non-hydrogen) atoms. The van der Waals surface area contributed by atoms with E-state index in [1.54, 1.807) is 6.33 Å². The standard InChI is InChI=1S/C13H17N3O/c1-13(17)5-7-16(8-6-13)11-4-2-3-10-12(11)15-9-14-10/h2-4,9,17H,5-8H2,1H3,(H,14,15). The SMILES string of the molecule is CC1(O)CCN(c2cccc3[nH]cnc23)CC1. The average molecular weight is 231 g/mol. The van der Waals surface area contributed by atoms with Gasteiger partial charge in [-0.15, -0.1) is 0 Å². The third-order valence-electron chi connectivity index (χ3n) is 3.61. The Hall–Kier alpha value is -1.55. The molecule has 4 nitrogen and oxygen atoms in total. The largest absolute Gasteiger partial charge is 0.390 e. The first-order valence-corrected chi connectivity index (χ1v) is 6.05. The first kappa shape index (κ1) is 10.6. The normalized spacial score (nSPS) is 19.8. The number of nitrogens with one attached hydrogen (secondary N) is 1. The highest BCUT2D eigenvalue weighted by Crippen LogP contribution is 2.29. The van der Waals surface area contributed by atoms with Crippen molar-refractivity contribution in [3.63, 3.8) is 0 Å². The molecule has 1 aromatic carbocycles. The van der Waals surface area contributed by atoms with Crippen molar-refractivity contribution in [3.05, 3.63) is 24.5 Å². The number of para-hydroxylation sites is 1. The van der Waals surface area contributed by atoms with E-state index in [1.807, 2.05) is 19.1 Å². The van der Waals surface area contributed by atoms with Crippen LogP contribution in [0.4, 0.5) is 5.69 Å². The second-order valence-electron chi connectivity index (χ2n) is 5.06. The molecule has 0 atom stereocenters. The number of hydrogen-bond donors (Lipinski definition) is 2. The molecule has 0 spiro atoms. The molecule has 2 N–H and O–H groups in total. The van der Waals surface area contributed by atoms with Gasteiger partial charge in [0.2, 0.25) is 0 Å². The molecule has 0 saturated carbocycles. The molecule has 0 bridgehead atoms. The number of aromatic nitrogens is 2.